The molecule has 0 amide bonds. The molecule has 9 heteroatoms. The molecule has 1 aliphatic heterocycles. The number of benzene rings is 1. The molecule has 1 N–H and O–H groups in total. The van der Waals surface area contributed by atoms with E-state index >= 15 is 0 Å². The second-order valence-electron chi connectivity index (χ2n) is 6.06. The number of hydrogen-bond acceptors (Lipinski definition) is 6. The highest BCUT2D eigenvalue weighted by Gasteiger charge is 2.18. The summed E-state index contributed by atoms with van der Waals surface area (Å²) in [5, 5.41) is 4.19. The van der Waals surface area contributed by atoms with Gasteiger partial charge in [0.05, 0.1) is 42.1 Å². The third-order valence-electron chi connectivity index (χ3n) is 4.14. The van der Waals surface area contributed by atoms with Crippen molar-refractivity contribution in [3.8, 4) is 0 Å². The normalized spacial score (nSPS) is 17.7. The third-order valence-corrected chi connectivity index (χ3v) is 5.53. The van der Waals surface area contributed by atoms with Crippen LogP contribution in [0.1, 0.15) is 29.6 Å². The minimum atomic E-state index is -3.77. The molecule has 140 valence electrons. The number of rotatable bonds is 6. The number of sulfonamides is 1. The summed E-state index contributed by atoms with van der Waals surface area (Å²) < 4.78 is 39.3. The summed E-state index contributed by atoms with van der Waals surface area (Å²) in [5.74, 6) is -0.520. The van der Waals surface area contributed by atoms with E-state index < -0.39 is 16.0 Å². The minimum absolute atomic E-state index is 0.0496. The molecule has 0 saturated carbocycles. The largest absolute Gasteiger partial charge is 0.465 e. The molecule has 1 atom stereocenters. The van der Waals surface area contributed by atoms with E-state index in [4.69, 9.17) is 4.74 Å². The number of methoxy groups -OCH3 is 1. The first-order valence-electron chi connectivity index (χ1n) is 8.33. The fraction of sp³-hybridized carbons (Fsp3) is 0.412. The van der Waals surface area contributed by atoms with E-state index in [9.17, 15) is 13.2 Å². The predicted octanol–water partition coefficient (Wildman–Crippen LogP) is 2.04. The lowest BCUT2D eigenvalue weighted by molar-refractivity contribution is 0.00400. The van der Waals surface area contributed by atoms with E-state index in [1.165, 1.54) is 37.6 Å². The first kappa shape index (κ1) is 18.4. The summed E-state index contributed by atoms with van der Waals surface area (Å²) >= 11 is 0. The Balaban J connectivity index is 1.66. The summed E-state index contributed by atoms with van der Waals surface area (Å²) in [4.78, 5) is 11.5. The highest BCUT2D eigenvalue weighted by atomic mass is 32.2. The number of ether oxygens (including phenoxy) is 2. The molecule has 0 aliphatic carbocycles. The maximum atomic E-state index is 12.5. The van der Waals surface area contributed by atoms with E-state index in [0.29, 0.717) is 12.2 Å². The second kappa shape index (κ2) is 7.88. The van der Waals surface area contributed by atoms with Crippen molar-refractivity contribution in [2.45, 2.75) is 36.8 Å². The van der Waals surface area contributed by atoms with Crippen molar-refractivity contribution in [1.82, 2.24) is 9.78 Å². The van der Waals surface area contributed by atoms with Crippen LogP contribution in [0.3, 0.4) is 0 Å². The van der Waals surface area contributed by atoms with E-state index in [2.05, 4.69) is 14.6 Å². The fourth-order valence-electron chi connectivity index (χ4n) is 2.78. The Bertz CT molecular complexity index is 855. The molecule has 2 aromatic rings. The Kier molecular flexibility index (Phi) is 5.58. The van der Waals surface area contributed by atoms with Crippen molar-refractivity contribution >= 4 is 21.7 Å². The van der Waals surface area contributed by atoms with Crippen LogP contribution in [0.25, 0.3) is 0 Å². The molecule has 1 saturated heterocycles. The van der Waals surface area contributed by atoms with Crippen molar-refractivity contribution in [2.24, 2.45) is 0 Å². The summed E-state index contributed by atoms with van der Waals surface area (Å²) in [6, 6.07) is 5.53. The molecule has 1 aliphatic rings. The predicted molar refractivity (Wildman–Crippen MR) is 94.4 cm³/mol. The summed E-state index contributed by atoms with van der Waals surface area (Å²) in [5.41, 5.74) is 0.657. The van der Waals surface area contributed by atoms with Gasteiger partial charge >= 0.3 is 5.97 Å². The van der Waals surface area contributed by atoms with E-state index in [1.54, 1.807) is 10.9 Å². The van der Waals surface area contributed by atoms with Crippen LogP contribution in [0.15, 0.2) is 41.6 Å². The number of nitrogens with one attached hydrogen (secondary N) is 1. The molecule has 1 aromatic carbocycles. The van der Waals surface area contributed by atoms with Crippen LogP contribution >= 0.6 is 0 Å². The van der Waals surface area contributed by atoms with Gasteiger partial charge in [-0.3, -0.25) is 9.40 Å². The second-order valence-corrected chi connectivity index (χ2v) is 7.74. The highest BCUT2D eigenvalue weighted by Crippen LogP contribution is 2.18. The molecular formula is C17H21N3O5S. The Morgan fingerprint density at radius 1 is 1.35 bits per heavy atom. The number of carbonyl (C=O) groups is 1. The lowest BCUT2D eigenvalue weighted by Crippen LogP contribution is -2.24. The average Bonchev–Trinajstić information content (AvgIpc) is 3.08. The first-order chi connectivity index (χ1) is 12.5. The fourth-order valence-corrected chi connectivity index (χ4v) is 3.81. The van der Waals surface area contributed by atoms with Crippen molar-refractivity contribution in [3.63, 3.8) is 0 Å². The zero-order valence-electron chi connectivity index (χ0n) is 14.4. The number of esters is 1. The zero-order valence-corrected chi connectivity index (χ0v) is 15.2. The maximum absolute atomic E-state index is 12.5. The lowest BCUT2D eigenvalue weighted by atomic mass is 10.1. The van der Waals surface area contributed by atoms with Crippen LogP contribution in [-0.2, 0) is 26.0 Å². The molecule has 0 spiro atoms. The average molecular weight is 379 g/mol. The Morgan fingerprint density at radius 2 is 2.12 bits per heavy atom. The zero-order chi connectivity index (χ0) is 18.6. The molecule has 3 rings (SSSR count). The topological polar surface area (TPSA) is 99.5 Å². The van der Waals surface area contributed by atoms with Crippen LogP contribution in [0.2, 0.25) is 0 Å². The van der Waals surface area contributed by atoms with Gasteiger partial charge in [0.25, 0.3) is 10.0 Å². The standard InChI is InChI=1S/C17H21N3O5S/c1-24-17(21)13-5-7-16(8-6-13)26(22,23)19-14-10-18-20(11-14)12-15-4-2-3-9-25-15/h5-8,10-11,15,19H,2-4,9,12H2,1H3. The van der Waals surface area contributed by atoms with Gasteiger partial charge in [-0.05, 0) is 43.5 Å². The number of carbonyl (C=O) groups excluding carboxylic acids is 1. The molecule has 1 fully saturated rings. The molecule has 2 heterocycles. The van der Waals surface area contributed by atoms with Gasteiger partial charge in [0.1, 0.15) is 0 Å². The van der Waals surface area contributed by atoms with E-state index in [-0.39, 0.29) is 16.6 Å². The summed E-state index contributed by atoms with van der Waals surface area (Å²) in [6.07, 6.45) is 6.40. The van der Waals surface area contributed by atoms with Gasteiger partial charge in [0.2, 0.25) is 0 Å². The monoisotopic (exact) mass is 379 g/mol. The molecule has 0 bridgehead atoms. The third kappa shape index (κ3) is 4.41. The van der Waals surface area contributed by atoms with Gasteiger partial charge in [-0.1, -0.05) is 0 Å². The number of anilines is 1. The molecule has 26 heavy (non-hydrogen) atoms. The first-order valence-corrected chi connectivity index (χ1v) is 9.81. The Morgan fingerprint density at radius 3 is 2.77 bits per heavy atom. The van der Waals surface area contributed by atoms with Crippen molar-refractivity contribution < 1.29 is 22.7 Å². The molecule has 1 aromatic heterocycles. The minimum Gasteiger partial charge on any atom is -0.465 e. The van der Waals surface area contributed by atoms with Crippen molar-refractivity contribution in [1.29, 1.82) is 0 Å². The number of aromatic nitrogens is 2. The SMILES string of the molecule is COC(=O)c1ccc(S(=O)(=O)Nc2cnn(CC3CCCCO3)c2)cc1. The van der Waals surface area contributed by atoms with Crippen LogP contribution in [-0.4, -0.2) is 44.0 Å². The van der Waals surface area contributed by atoms with Gasteiger partial charge in [-0.25, -0.2) is 13.2 Å². The van der Waals surface area contributed by atoms with Gasteiger partial charge in [0.15, 0.2) is 0 Å². The van der Waals surface area contributed by atoms with Gasteiger partial charge in [-0.15, -0.1) is 0 Å². The number of hydrogen-bond donors (Lipinski definition) is 1. The van der Waals surface area contributed by atoms with Crippen molar-refractivity contribution in [3.05, 3.63) is 42.2 Å². The molecule has 1 unspecified atom stereocenters. The van der Waals surface area contributed by atoms with Crippen LogP contribution < -0.4 is 4.72 Å². The van der Waals surface area contributed by atoms with E-state index in [1.807, 2.05) is 0 Å². The van der Waals surface area contributed by atoms with Crippen LogP contribution in [0.4, 0.5) is 5.69 Å². The smallest absolute Gasteiger partial charge is 0.337 e. The van der Waals surface area contributed by atoms with Crippen LogP contribution in [0.5, 0.6) is 0 Å². The Hall–Kier alpha value is -2.39. The summed E-state index contributed by atoms with van der Waals surface area (Å²) in [7, 11) is -2.50. The maximum Gasteiger partial charge on any atom is 0.337 e. The van der Waals surface area contributed by atoms with Gasteiger partial charge in [-0.2, -0.15) is 5.10 Å². The number of nitrogens with zero attached hydrogens (tertiary/aromatic N) is 2. The molecular weight excluding hydrogens is 358 g/mol. The quantitative estimate of drug-likeness (QED) is 0.771. The van der Waals surface area contributed by atoms with Gasteiger partial charge in [0, 0.05) is 12.8 Å². The van der Waals surface area contributed by atoms with Crippen LogP contribution in [0, 0.1) is 0 Å². The summed E-state index contributed by atoms with van der Waals surface area (Å²) in [6.45, 7) is 1.35. The Labute approximate surface area is 152 Å². The molecule has 0 radical (unpaired) electrons. The highest BCUT2D eigenvalue weighted by molar-refractivity contribution is 7.92. The van der Waals surface area contributed by atoms with Gasteiger partial charge < -0.3 is 9.47 Å². The lowest BCUT2D eigenvalue weighted by Gasteiger charge is -2.22. The van der Waals surface area contributed by atoms with Crippen molar-refractivity contribution in [2.75, 3.05) is 18.4 Å². The molecule has 8 nitrogen and oxygen atoms in total. The van der Waals surface area contributed by atoms with E-state index in [0.717, 1.165) is 25.9 Å².